The van der Waals surface area contributed by atoms with Gasteiger partial charge >= 0.3 is 0 Å². The number of anilines is 2. The molecule has 1 amide bonds. The molecule has 0 aromatic heterocycles. The summed E-state index contributed by atoms with van der Waals surface area (Å²) in [7, 11) is 0. The lowest BCUT2D eigenvalue weighted by atomic mass is 10.1. The van der Waals surface area contributed by atoms with Crippen molar-refractivity contribution in [1.29, 1.82) is 0 Å². The summed E-state index contributed by atoms with van der Waals surface area (Å²) in [5.41, 5.74) is 4.41. The van der Waals surface area contributed by atoms with Crippen LogP contribution in [0.1, 0.15) is 39.1 Å². The van der Waals surface area contributed by atoms with Gasteiger partial charge in [0.05, 0.1) is 6.04 Å². The van der Waals surface area contributed by atoms with E-state index in [0.717, 1.165) is 62.0 Å². The van der Waals surface area contributed by atoms with Crippen molar-refractivity contribution in [2.24, 2.45) is 0 Å². The van der Waals surface area contributed by atoms with Crippen molar-refractivity contribution in [3.05, 3.63) is 59.2 Å². The van der Waals surface area contributed by atoms with E-state index in [2.05, 4.69) is 9.80 Å². The van der Waals surface area contributed by atoms with Crippen LogP contribution in [0.25, 0.3) is 0 Å². The molecular weight excluding hydrogens is 394 g/mol. The third-order valence-electron chi connectivity index (χ3n) is 6.10. The fourth-order valence-electron chi connectivity index (χ4n) is 4.32. The lowest BCUT2D eigenvalue weighted by molar-refractivity contribution is -0.112. The van der Waals surface area contributed by atoms with Crippen molar-refractivity contribution in [3.63, 3.8) is 0 Å². The van der Waals surface area contributed by atoms with E-state index in [1.54, 1.807) is 4.90 Å². The molecule has 1 saturated heterocycles. The largest absolute Gasteiger partial charge is 0.368 e. The molecule has 7 nitrogen and oxygen atoms in total. The number of rotatable bonds is 8. The first kappa shape index (κ1) is 20.8. The fourth-order valence-corrected chi connectivity index (χ4v) is 4.32. The molecule has 2 aromatic rings. The van der Waals surface area contributed by atoms with E-state index in [0.29, 0.717) is 24.1 Å². The van der Waals surface area contributed by atoms with Crippen molar-refractivity contribution in [1.82, 2.24) is 4.90 Å². The second-order valence-electron chi connectivity index (χ2n) is 7.91. The topological polar surface area (TPSA) is 78.0 Å². The van der Waals surface area contributed by atoms with Crippen LogP contribution in [0.5, 0.6) is 0 Å². The Hall–Kier alpha value is -3.48. The molecule has 2 aliphatic heterocycles. The molecule has 0 aliphatic carbocycles. The summed E-state index contributed by atoms with van der Waals surface area (Å²) in [5.74, 6) is -0.145. The molecule has 2 aromatic carbocycles. The van der Waals surface area contributed by atoms with Gasteiger partial charge in [-0.1, -0.05) is 0 Å². The molecule has 0 saturated carbocycles. The second kappa shape index (κ2) is 9.12. The smallest absolute Gasteiger partial charge is 0.255 e. The SMILES string of the molecule is O=CCCC(C=O)N1Cc2cc(N3CCN(c4ccc(C=O)cc4)CC3)ccc2C1=O. The quantitative estimate of drug-likeness (QED) is 0.611. The molecule has 7 heteroatoms. The van der Waals surface area contributed by atoms with E-state index in [1.807, 2.05) is 42.5 Å². The molecule has 4 rings (SSSR count). The molecule has 160 valence electrons. The van der Waals surface area contributed by atoms with E-state index in [1.165, 1.54) is 0 Å². The minimum atomic E-state index is -0.567. The molecule has 1 unspecified atom stereocenters. The van der Waals surface area contributed by atoms with Gasteiger partial charge in [0.2, 0.25) is 0 Å². The highest BCUT2D eigenvalue weighted by molar-refractivity contribution is 6.00. The number of nitrogens with zero attached hydrogens (tertiary/aromatic N) is 3. The van der Waals surface area contributed by atoms with E-state index in [9.17, 15) is 19.2 Å². The number of hydrogen-bond donors (Lipinski definition) is 0. The van der Waals surface area contributed by atoms with Gasteiger partial charge in [-0.05, 0) is 54.4 Å². The minimum Gasteiger partial charge on any atom is -0.368 e. The number of amides is 1. The number of fused-ring (bicyclic) bond motifs is 1. The zero-order valence-corrected chi connectivity index (χ0v) is 17.3. The minimum absolute atomic E-state index is 0.145. The van der Waals surface area contributed by atoms with Crippen molar-refractivity contribution < 1.29 is 19.2 Å². The first-order valence-corrected chi connectivity index (χ1v) is 10.5. The maximum atomic E-state index is 12.7. The molecule has 31 heavy (non-hydrogen) atoms. The normalized spacial score (nSPS) is 16.8. The van der Waals surface area contributed by atoms with E-state index >= 15 is 0 Å². The van der Waals surface area contributed by atoms with E-state index in [4.69, 9.17) is 0 Å². The Kier molecular flexibility index (Phi) is 6.11. The number of benzene rings is 2. The lowest BCUT2D eigenvalue weighted by Crippen LogP contribution is -2.46. The van der Waals surface area contributed by atoms with Crippen LogP contribution in [0.4, 0.5) is 11.4 Å². The average Bonchev–Trinajstić information content (AvgIpc) is 3.15. The maximum absolute atomic E-state index is 12.7. The number of piperazine rings is 1. The molecule has 2 heterocycles. The number of carbonyl (C=O) groups excluding carboxylic acids is 4. The Bertz CT molecular complexity index is 981. The fraction of sp³-hybridized carbons (Fsp3) is 0.333. The third-order valence-corrected chi connectivity index (χ3v) is 6.10. The summed E-state index contributed by atoms with van der Waals surface area (Å²) in [5, 5.41) is 0. The van der Waals surface area contributed by atoms with Gasteiger partial charge in [-0.3, -0.25) is 9.59 Å². The van der Waals surface area contributed by atoms with Crippen LogP contribution < -0.4 is 9.80 Å². The monoisotopic (exact) mass is 419 g/mol. The Labute approximate surface area is 181 Å². The van der Waals surface area contributed by atoms with Gasteiger partial charge in [0.1, 0.15) is 18.9 Å². The molecular formula is C24H25N3O4. The highest BCUT2D eigenvalue weighted by atomic mass is 16.2. The molecule has 1 atom stereocenters. The van der Waals surface area contributed by atoms with Gasteiger partial charge in [0, 0.05) is 61.6 Å². The first-order chi connectivity index (χ1) is 15.1. The predicted molar refractivity (Wildman–Crippen MR) is 118 cm³/mol. The Balaban J connectivity index is 1.42. The molecule has 0 bridgehead atoms. The molecule has 2 aliphatic rings. The summed E-state index contributed by atoms with van der Waals surface area (Å²) in [6.07, 6.45) is 3.00. The van der Waals surface area contributed by atoms with Gasteiger partial charge in [-0.15, -0.1) is 0 Å². The second-order valence-corrected chi connectivity index (χ2v) is 7.91. The predicted octanol–water partition coefficient (Wildman–Crippen LogP) is 2.33. The van der Waals surface area contributed by atoms with Gasteiger partial charge in [-0.25, -0.2) is 0 Å². The lowest BCUT2D eigenvalue weighted by Gasteiger charge is -2.37. The van der Waals surface area contributed by atoms with Crippen LogP contribution >= 0.6 is 0 Å². The van der Waals surface area contributed by atoms with Crippen LogP contribution in [0.2, 0.25) is 0 Å². The third kappa shape index (κ3) is 4.21. The molecule has 1 fully saturated rings. The first-order valence-electron chi connectivity index (χ1n) is 10.5. The number of carbonyl (C=O) groups is 4. The van der Waals surface area contributed by atoms with Crippen molar-refractivity contribution in [3.8, 4) is 0 Å². The summed E-state index contributed by atoms with van der Waals surface area (Å²) >= 11 is 0. The van der Waals surface area contributed by atoms with Crippen molar-refractivity contribution in [2.45, 2.75) is 25.4 Å². The highest BCUT2D eigenvalue weighted by Gasteiger charge is 2.33. The molecule has 0 spiro atoms. The summed E-state index contributed by atoms with van der Waals surface area (Å²) in [4.78, 5) is 51.8. The van der Waals surface area contributed by atoms with Gasteiger partial charge in [-0.2, -0.15) is 0 Å². The van der Waals surface area contributed by atoms with Crippen LogP contribution in [-0.4, -0.2) is 61.9 Å². The van der Waals surface area contributed by atoms with Crippen molar-refractivity contribution >= 4 is 36.1 Å². The number of hydrogen-bond acceptors (Lipinski definition) is 6. The Morgan fingerprint density at radius 1 is 0.871 bits per heavy atom. The maximum Gasteiger partial charge on any atom is 0.255 e. The van der Waals surface area contributed by atoms with Gasteiger partial charge < -0.3 is 24.3 Å². The van der Waals surface area contributed by atoms with Gasteiger partial charge in [0.15, 0.2) is 0 Å². The number of aldehydes is 3. The zero-order chi connectivity index (χ0) is 21.8. The average molecular weight is 419 g/mol. The van der Waals surface area contributed by atoms with Crippen LogP contribution in [0.15, 0.2) is 42.5 Å². The highest BCUT2D eigenvalue weighted by Crippen LogP contribution is 2.30. The van der Waals surface area contributed by atoms with E-state index < -0.39 is 6.04 Å². The zero-order valence-electron chi connectivity index (χ0n) is 17.3. The van der Waals surface area contributed by atoms with E-state index in [-0.39, 0.29) is 12.3 Å². The molecule has 0 radical (unpaired) electrons. The van der Waals surface area contributed by atoms with Crippen molar-refractivity contribution in [2.75, 3.05) is 36.0 Å². The van der Waals surface area contributed by atoms with Crippen LogP contribution in [-0.2, 0) is 16.1 Å². The standard InChI is InChI=1S/C24H25N3O4/c28-13-1-2-22(17-30)27-15-19-14-21(7-8-23(19)24(27)31)26-11-9-25(10-12-26)20-5-3-18(16-29)4-6-20/h3-8,13-14,16-17,22H,1-2,9-12,15H2. The Morgan fingerprint density at radius 2 is 1.52 bits per heavy atom. The van der Waals surface area contributed by atoms with Crippen LogP contribution in [0, 0.1) is 0 Å². The molecule has 0 N–H and O–H groups in total. The summed E-state index contributed by atoms with van der Waals surface area (Å²) in [6, 6.07) is 12.9. The van der Waals surface area contributed by atoms with Gasteiger partial charge in [0.25, 0.3) is 5.91 Å². The van der Waals surface area contributed by atoms with Crippen LogP contribution in [0.3, 0.4) is 0 Å². The Morgan fingerprint density at radius 3 is 2.13 bits per heavy atom. The summed E-state index contributed by atoms with van der Waals surface area (Å²) < 4.78 is 0. The summed E-state index contributed by atoms with van der Waals surface area (Å²) in [6.45, 7) is 3.82.